The first-order chi connectivity index (χ1) is 13.4. The molecule has 1 amide bonds. The molecule has 0 saturated heterocycles. The van der Waals surface area contributed by atoms with Crippen LogP contribution in [0, 0.1) is 27.7 Å². The number of hydrogen-bond acceptors (Lipinski definition) is 7. The maximum Gasteiger partial charge on any atom is 0.259 e. The molecule has 0 unspecified atom stereocenters. The van der Waals surface area contributed by atoms with Gasteiger partial charge in [0.2, 0.25) is 5.95 Å². The van der Waals surface area contributed by atoms with Crippen molar-refractivity contribution in [3.63, 3.8) is 0 Å². The maximum atomic E-state index is 12.9. The van der Waals surface area contributed by atoms with Crippen LogP contribution in [-0.4, -0.2) is 27.5 Å². The van der Waals surface area contributed by atoms with Crippen LogP contribution in [-0.2, 0) is 0 Å². The number of aryl methyl sites for hydroxylation is 4. The minimum atomic E-state index is -0.269. The number of nitrogens with zero attached hydrogens (tertiary/aromatic N) is 3. The van der Waals surface area contributed by atoms with Crippen molar-refractivity contribution in [1.29, 1.82) is 0 Å². The molecule has 2 heterocycles. The fourth-order valence-electron chi connectivity index (χ4n) is 2.76. The lowest BCUT2D eigenvalue weighted by Gasteiger charge is -2.14. The van der Waals surface area contributed by atoms with Crippen LogP contribution in [0.5, 0.6) is 5.75 Å². The van der Waals surface area contributed by atoms with Gasteiger partial charge in [-0.3, -0.25) is 4.79 Å². The van der Waals surface area contributed by atoms with Crippen molar-refractivity contribution in [2.45, 2.75) is 34.6 Å². The molecule has 0 saturated carbocycles. The van der Waals surface area contributed by atoms with Gasteiger partial charge in [-0.05, 0) is 46.8 Å². The molecule has 8 heteroatoms. The summed E-state index contributed by atoms with van der Waals surface area (Å²) in [7, 11) is 0. The fourth-order valence-corrected chi connectivity index (χ4v) is 3.57. The van der Waals surface area contributed by atoms with Crippen molar-refractivity contribution < 1.29 is 9.53 Å². The summed E-state index contributed by atoms with van der Waals surface area (Å²) in [5, 5.41) is 6.75. The van der Waals surface area contributed by atoms with Gasteiger partial charge in [-0.2, -0.15) is 0 Å². The summed E-state index contributed by atoms with van der Waals surface area (Å²) in [6, 6.07) is 7.33. The first kappa shape index (κ1) is 19.8. The summed E-state index contributed by atoms with van der Waals surface area (Å²) in [5.74, 6) is 0.784. The van der Waals surface area contributed by atoms with E-state index in [4.69, 9.17) is 4.74 Å². The molecule has 0 aliphatic carbocycles. The number of para-hydroxylation sites is 2. The van der Waals surface area contributed by atoms with Crippen molar-refractivity contribution in [3.8, 4) is 5.75 Å². The molecule has 0 radical (unpaired) electrons. The van der Waals surface area contributed by atoms with E-state index in [9.17, 15) is 4.79 Å². The van der Waals surface area contributed by atoms with E-state index in [0.717, 1.165) is 15.7 Å². The molecule has 0 bridgehead atoms. The highest BCUT2D eigenvalue weighted by molar-refractivity contribution is 7.15. The Hall–Kier alpha value is -3.00. The Labute approximate surface area is 168 Å². The van der Waals surface area contributed by atoms with Crippen LogP contribution in [0.1, 0.15) is 39.2 Å². The van der Waals surface area contributed by atoms with Gasteiger partial charge in [0.1, 0.15) is 5.75 Å². The Bertz CT molecular complexity index is 973. The summed E-state index contributed by atoms with van der Waals surface area (Å²) >= 11 is 1.54. The summed E-state index contributed by atoms with van der Waals surface area (Å²) in [5.41, 5.74) is 3.22. The number of nitrogens with one attached hydrogen (secondary N) is 2. The smallest absolute Gasteiger partial charge is 0.259 e. The SMILES string of the molecule is CCOc1ccccc1NC(=O)c1c(C)nc(Nc2nc(C)c(C)s2)nc1C. The molecule has 0 aliphatic heterocycles. The van der Waals surface area contributed by atoms with Crippen LogP contribution in [0.25, 0.3) is 0 Å². The number of amides is 1. The van der Waals surface area contributed by atoms with E-state index in [2.05, 4.69) is 25.6 Å². The van der Waals surface area contributed by atoms with E-state index in [1.54, 1.807) is 31.3 Å². The number of thiazole rings is 1. The van der Waals surface area contributed by atoms with Gasteiger partial charge in [0.05, 0.1) is 34.9 Å². The first-order valence-electron chi connectivity index (χ1n) is 8.98. The number of carbonyl (C=O) groups excluding carboxylic acids is 1. The van der Waals surface area contributed by atoms with Gasteiger partial charge >= 0.3 is 0 Å². The van der Waals surface area contributed by atoms with E-state index in [0.29, 0.717) is 40.9 Å². The topological polar surface area (TPSA) is 89.0 Å². The van der Waals surface area contributed by atoms with Gasteiger partial charge in [-0.25, -0.2) is 15.0 Å². The second-order valence-electron chi connectivity index (χ2n) is 6.26. The van der Waals surface area contributed by atoms with Crippen molar-refractivity contribution in [1.82, 2.24) is 15.0 Å². The maximum absolute atomic E-state index is 12.9. The van der Waals surface area contributed by atoms with Gasteiger partial charge in [0.15, 0.2) is 5.13 Å². The predicted molar refractivity (Wildman–Crippen MR) is 112 cm³/mol. The lowest BCUT2D eigenvalue weighted by molar-refractivity contribution is 0.102. The molecule has 2 N–H and O–H groups in total. The molecule has 3 rings (SSSR count). The number of hydrogen-bond donors (Lipinski definition) is 2. The van der Waals surface area contributed by atoms with Gasteiger partial charge in [-0.15, -0.1) is 11.3 Å². The van der Waals surface area contributed by atoms with E-state index >= 15 is 0 Å². The molecule has 2 aromatic heterocycles. The van der Waals surface area contributed by atoms with Gasteiger partial charge < -0.3 is 15.4 Å². The fraction of sp³-hybridized carbons (Fsp3) is 0.300. The van der Waals surface area contributed by atoms with Gasteiger partial charge in [-0.1, -0.05) is 12.1 Å². The molecular formula is C20H23N5O2S. The zero-order valence-corrected chi connectivity index (χ0v) is 17.4. The van der Waals surface area contributed by atoms with Gasteiger partial charge in [0.25, 0.3) is 5.91 Å². The number of rotatable bonds is 6. The Morgan fingerprint density at radius 1 is 1.04 bits per heavy atom. The Morgan fingerprint density at radius 3 is 2.32 bits per heavy atom. The van der Waals surface area contributed by atoms with Crippen LogP contribution < -0.4 is 15.4 Å². The Morgan fingerprint density at radius 2 is 1.71 bits per heavy atom. The molecule has 7 nitrogen and oxygen atoms in total. The lowest BCUT2D eigenvalue weighted by Crippen LogP contribution is -2.18. The molecule has 28 heavy (non-hydrogen) atoms. The van der Waals surface area contributed by atoms with Crippen LogP contribution >= 0.6 is 11.3 Å². The Balaban J connectivity index is 1.83. The molecular weight excluding hydrogens is 374 g/mol. The zero-order valence-electron chi connectivity index (χ0n) is 16.6. The number of ether oxygens (including phenoxy) is 1. The Kier molecular flexibility index (Phi) is 5.89. The van der Waals surface area contributed by atoms with Crippen molar-refractivity contribution in [2.75, 3.05) is 17.2 Å². The molecule has 0 spiro atoms. The highest BCUT2D eigenvalue weighted by Crippen LogP contribution is 2.26. The summed E-state index contributed by atoms with van der Waals surface area (Å²) in [6.07, 6.45) is 0. The highest BCUT2D eigenvalue weighted by Gasteiger charge is 2.18. The van der Waals surface area contributed by atoms with E-state index in [1.165, 1.54) is 0 Å². The van der Waals surface area contributed by atoms with Crippen LogP contribution in [0.2, 0.25) is 0 Å². The standard InChI is InChI=1S/C20H23N5O2S/c1-6-27-16-10-8-7-9-15(16)24-18(26)17-12(3)21-19(22-13(17)4)25-20-23-11(2)14(5)28-20/h7-10H,6H2,1-5H3,(H,24,26)(H,21,22,23,25). The third-order valence-corrected chi connectivity index (χ3v) is 5.17. The molecule has 0 atom stereocenters. The molecule has 0 aliphatic rings. The van der Waals surface area contributed by atoms with Crippen LogP contribution in [0.3, 0.4) is 0 Å². The number of benzene rings is 1. The third-order valence-electron chi connectivity index (χ3n) is 4.18. The highest BCUT2D eigenvalue weighted by atomic mass is 32.1. The molecule has 3 aromatic rings. The third kappa shape index (κ3) is 4.28. The van der Waals surface area contributed by atoms with E-state index in [1.807, 2.05) is 39.0 Å². The number of carbonyl (C=O) groups is 1. The average molecular weight is 398 g/mol. The quantitative estimate of drug-likeness (QED) is 0.634. The van der Waals surface area contributed by atoms with Gasteiger partial charge in [0, 0.05) is 4.88 Å². The molecule has 1 aromatic carbocycles. The predicted octanol–water partition coefficient (Wildman–Crippen LogP) is 4.56. The van der Waals surface area contributed by atoms with E-state index in [-0.39, 0.29) is 5.91 Å². The lowest BCUT2D eigenvalue weighted by atomic mass is 10.1. The monoisotopic (exact) mass is 397 g/mol. The second kappa shape index (κ2) is 8.35. The average Bonchev–Trinajstić information content (AvgIpc) is 2.93. The van der Waals surface area contributed by atoms with Crippen LogP contribution in [0.15, 0.2) is 24.3 Å². The minimum Gasteiger partial charge on any atom is -0.492 e. The second-order valence-corrected chi connectivity index (χ2v) is 7.47. The van der Waals surface area contributed by atoms with Crippen molar-refractivity contribution in [3.05, 3.63) is 51.8 Å². The molecule has 146 valence electrons. The molecule has 0 fully saturated rings. The summed E-state index contributed by atoms with van der Waals surface area (Å²) < 4.78 is 5.57. The largest absolute Gasteiger partial charge is 0.492 e. The summed E-state index contributed by atoms with van der Waals surface area (Å²) in [6.45, 7) is 9.98. The zero-order chi connectivity index (χ0) is 20.3. The normalized spacial score (nSPS) is 10.6. The van der Waals surface area contributed by atoms with Crippen molar-refractivity contribution >= 4 is 34.0 Å². The van der Waals surface area contributed by atoms with Crippen molar-refractivity contribution in [2.24, 2.45) is 0 Å². The van der Waals surface area contributed by atoms with Crippen LogP contribution in [0.4, 0.5) is 16.8 Å². The first-order valence-corrected chi connectivity index (χ1v) is 9.80. The minimum absolute atomic E-state index is 0.269. The number of anilines is 3. The summed E-state index contributed by atoms with van der Waals surface area (Å²) in [4.78, 5) is 27.3. The number of aromatic nitrogens is 3. The van der Waals surface area contributed by atoms with E-state index < -0.39 is 0 Å².